The lowest BCUT2D eigenvalue weighted by molar-refractivity contribution is -0.139. The van der Waals surface area contributed by atoms with E-state index in [2.05, 4.69) is 21.9 Å². The van der Waals surface area contributed by atoms with Crippen molar-refractivity contribution in [1.29, 1.82) is 5.26 Å². The van der Waals surface area contributed by atoms with E-state index in [9.17, 15) is 4.79 Å². The largest absolute Gasteiger partial charge is 0.339 e. The van der Waals surface area contributed by atoms with Gasteiger partial charge in [0, 0.05) is 25.6 Å². The zero-order valence-electron chi connectivity index (χ0n) is 14.2. The maximum absolute atomic E-state index is 12.2. The van der Waals surface area contributed by atoms with Gasteiger partial charge in [0.15, 0.2) is 0 Å². The van der Waals surface area contributed by atoms with Crippen molar-refractivity contribution in [2.24, 2.45) is 5.41 Å². The first-order valence-corrected chi connectivity index (χ1v) is 9.18. The van der Waals surface area contributed by atoms with E-state index in [-0.39, 0.29) is 0 Å². The lowest BCUT2D eigenvalue weighted by atomic mass is 9.72. The summed E-state index contributed by atoms with van der Waals surface area (Å²) in [5, 5.41) is 9.03. The Balaban J connectivity index is 1.36. The van der Waals surface area contributed by atoms with Crippen LogP contribution in [0, 0.1) is 16.7 Å². The molecule has 4 nitrogen and oxygen atoms in total. The van der Waals surface area contributed by atoms with Crippen LogP contribution in [-0.4, -0.2) is 41.4 Å². The third-order valence-electron chi connectivity index (χ3n) is 6.06. The van der Waals surface area contributed by atoms with Crippen molar-refractivity contribution in [1.82, 2.24) is 9.80 Å². The highest BCUT2D eigenvalue weighted by Crippen LogP contribution is 2.43. The van der Waals surface area contributed by atoms with Gasteiger partial charge in [0.05, 0.1) is 11.6 Å². The molecule has 1 aromatic rings. The van der Waals surface area contributed by atoms with Crippen LogP contribution in [0.5, 0.6) is 0 Å². The van der Waals surface area contributed by atoms with Gasteiger partial charge in [-0.15, -0.1) is 0 Å². The third-order valence-corrected chi connectivity index (χ3v) is 6.06. The number of carbonyl (C=O) groups excluding carboxylic acids is 1. The minimum absolute atomic E-state index is 0.363. The van der Waals surface area contributed by atoms with Crippen LogP contribution in [0.3, 0.4) is 0 Å². The summed E-state index contributed by atoms with van der Waals surface area (Å²) in [5.74, 6) is 0.388. The zero-order valence-corrected chi connectivity index (χ0v) is 14.2. The van der Waals surface area contributed by atoms with Crippen molar-refractivity contribution in [3.63, 3.8) is 0 Å². The van der Waals surface area contributed by atoms with Crippen LogP contribution in [0.25, 0.3) is 0 Å². The highest BCUT2D eigenvalue weighted by atomic mass is 16.2. The highest BCUT2D eigenvalue weighted by Gasteiger charge is 2.44. The molecule has 0 atom stereocenters. The lowest BCUT2D eigenvalue weighted by Gasteiger charge is -2.47. The summed E-state index contributed by atoms with van der Waals surface area (Å²) in [4.78, 5) is 16.8. The molecule has 126 valence electrons. The topological polar surface area (TPSA) is 47.3 Å². The number of benzene rings is 1. The normalized spacial score (nSPS) is 24.1. The van der Waals surface area contributed by atoms with Gasteiger partial charge in [-0.25, -0.2) is 0 Å². The van der Waals surface area contributed by atoms with E-state index >= 15 is 0 Å². The molecule has 1 spiro atoms. The first kappa shape index (κ1) is 15.7. The molecule has 4 heteroatoms. The molecule has 2 saturated heterocycles. The van der Waals surface area contributed by atoms with Crippen molar-refractivity contribution in [3.05, 3.63) is 35.4 Å². The average molecular weight is 323 g/mol. The van der Waals surface area contributed by atoms with E-state index in [0.717, 1.165) is 44.6 Å². The van der Waals surface area contributed by atoms with Gasteiger partial charge in [-0.1, -0.05) is 12.1 Å². The molecule has 3 fully saturated rings. The first-order chi connectivity index (χ1) is 11.7. The number of likely N-dealkylation sites (tertiary alicyclic amines) is 2. The summed E-state index contributed by atoms with van der Waals surface area (Å²) in [5.41, 5.74) is 2.33. The number of amides is 1. The van der Waals surface area contributed by atoms with E-state index in [0.29, 0.717) is 17.4 Å². The number of hydrogen-bond donors (Lipinski definition) is 0. The fraction of sp³-hybridized carbons (Fsp3) is 0.600. The quantitative estimate of drug-likeness (QED) is 0.859. The Morgan fingerprint density at radius 1 is 1.21 bits per heavy atom. The molecule has 0 bridgehead atoms. The smallest absolute Gasteiger partial charge is 0.222 e. The minimum Gasteiger partial charge on any atom is -0.339 e. The summed E-state index contributed by atoms with van der Waals surface area (Å²) >= 11 is 0. The Labute approximate surface area is 144 Å². The van der Waals surface area contributed by atoms with Crippen molar-refractivity contribution in [3.8, 4) is 6.07 Å². The van der Waals surface area contributed by atoms with Gasteiger partial charge in [-0.05, 0) is 68.3 Å². The number of carbonyl (C=O) groups is 1. The molecule has 0 N–H and O–H groups in total. The van der Waals surface area contributed by atoms with Crippen molar-refractivity contribution in [2.45, 2.75) is 51.1 Å². The number of piperidine rings is 2. The van der Waals surface area contributed by atoms with Crippen LogP contribution < -0.4 is 0 Å². The molecular weight excluding hydrogens is 298 g/mol. The summed E-state index contributed by atoms with van der Waals surface area (Å²) in [6, 6.07) is 10.7. The molecule has 1 saturated carbocycles. The molecule has 2 aliphatic heterocycles. The second-order valence-electron chi connectivity index (χ2n) is 7.84. The van der Waals surface area contributed by atoms with E-state index < -0.39 is 0 Å². The van der Waals surface area contributed by atoms with Crippen LogP contribution in [0.2, 0.25) is 0 Å². The van der Waals surface area contributed by atoms with E-state index in [1.807, 2.05) is 18.2 Å². The van der Waals surface area contributed by atoms with Crippen LogP contribution in [0.1, 0.15) is 49.7 Å². The third kappa shape index (κ3) is 3.18. The van der Waals surface area contributed by atoms with Crippen LogP contribution in [-0.2, 0) is 11.3 Å². The van der Waals surface area contributed by atoms with Crippen molar-refractivity contribution < 1.29 is 4.79 Å². The Morgan fingerprint density at radius 2 is 2.00 bits per heavy atom. The molecule has 0 unspecified atom stereocenters. The summed E-state index contributed by atoms with van der Waals surface area (Å²) in [6.07, 6.45) is 6.64. The fourth-order valence-electron chi connectivity index (χ4n) is 4.35. The highest BCUT2D eigenvalue weighted by molar-refractivity contribution is 5.77. The molecule has 1 amide bonds. The van der Waals surface area contributed by atoms with E-state index in [1.165, 1.54) is 31.2 Å². The second kappa shape index (κ2) is 6.22. The second-order valence-corrected chi connectivity index (χ2v) is 7.84. The summed E-state index contributed by atoms with van der Waals surface area (Å²) < 4.78 is 0. The average Bonchev–Trinajstić information content (AvgIpc) is 3.45. The van der Waals surface area contributed by atoms with Crippen molar-refractivity contribution >= 4 is 5.91 Å². The van der Waals surface area contributed by atoms with E-state index in [4.69, 9.17) is 5.26 Å². The molecule has 3 aliphatic rings. The zero-order chi connectivity index (χ0) is 16.6. The number of hydrogen-bond acceptors (Lipinski definition) is 3. The Morgan fingerprint density at radius 3 is 2.71 bits per heavy atom. The maximum Gasteiger partial charge on any atom is 0.222 e. The Bertz CT molecular complexity index is 666. The van der Waals surface area contributed by atoms with Crippen LogP contribution in [0.4, 0.5) is 0 Å². The molecule has 24 heavy (non-hydrogen) atoms. The summed E-state index contributed by atoms with van der Waals surface area (Å²) in [6.45, 7) is 4.12. The van der Waals surface area contributed by atoms with Gasteiger partial charge in [0.25, 0.3) is 0 Å². The van der Waals surface area contributed by atoms with Gasteiger partial charge in [-0.2, -0.15) is 5.26 Å². The fourth-order valence-corrected chi connectivity index (χ4v) is 4.35. The van der Waals surface area contributed by atoms with Crippen LogP contribution >= 0.6 is 0 Å². The Kier molecular flexibility index (Phi) is 4.05. The van der Waals surface area contributed by atoms with Gasteiger partial charge in [-0.3, -0.25) is 9.69 Å². The van der Waals surface area contributed by atoms with Gasteiger partial charge < -0.3 is 4.90 Å². The van der Waals surface area contributed by atoms with Crippen molar-refractivity contribution in [2.75, 3.05) is 19.6 Å². The SMILES string of the molecule is N#Cc1cccc(CN2CCC3(CCC(=O)N(C4CC4)C3)CC2)c1. The standard InChI is InChI=1S/C20H25N3O/c21-13-16-2-1-3-17(12-16)14-22-10-8-20(9-11-22)7-6-19(24)23(15-20)18-4-5-18/h1-3,12,18H,4-11,14-15H2. The first-order valence-electron chi connectivity index (χ1n) is 9.18. The van der Waals surface area contributed by atoms with Gasteiger partial charge in [0.2, 0.25) is 5.91 Å². The van der Waals surface area contributed by atoms with Gasteiger partial charge >= 0.3 is 0 Å². The number of nitriles is 1. The van der Waals surface area contributed by atoms with Crippen LogP contribution in [0.15, 0.2) is 24.3 Å². The molecule has 1 aromatic carbocycles. The lowest BCUT2D eigenvalue weighted by Crippen LogP contribution is -2.52. The molecule has 2 heterocycles. The number of nitrogens with zero attached hydrogens (tertiary/aromatic N) is 3. The molecule has 0 aromatic heterocycles. The minimum atomic E-state index is 0.363. The Hall–Kier alpha value is -1.86. The molecule has 4 rings (SSSR count). The number of rotatable bonds is 3. The monoisotopic (exact) mass is 323 g/mol. The molecule has 1 aliphatic carbocycles. The predicted molar refractivity (Wildman–Crippen MR) is 92.1 cm³/mol. The summed E-state index contributed by atoms with van der Waals surface area (Å²) in [7, 11) is 0. The van der Waals surface area contributed by atoms with Gasteiger partial charge in [0.1, 0.15) is 0 Å². The maximum atomic E-state index is 12.2. The van der Waals surface area contributed by atoms with E-state index in [1.54, 1.807) is 0 Å². The molecular formula is C20H25N3O. The predicted octanol–water partition coefficient (Wildman–Crippen LogP) is 2.93. The molecule has 0 radical (unpaired) electrons.